The van der Waals surface area contributed by atoms with Crippen LogP contribution < -0.4 is 11.1 Å². The molecule has 25 heavy (non-hydrogen) atoms. The molecule has 2 aliphatic rings. The first-order valence-electron chi connectivity index (χ1n) is 9.15. The SMILES string of the molecule is NCCCS(=O)(=O)CC1CCC(NC(=O)c2cc(C3CC3)on2)CC1. The minimum Gasteiger partial charge on any atom is -0.360 e. The molecule has 8 heteroatoms. The molecular weight excluding hydrogens is 342 g/mol. The van der Waals surface area contributed by atoms with E-state index < -0.39 is 9.84 Å². The lowest BCUT2D eigenvalue weighted by Crippen LogP contribution is -2.38. The minimum absolute atomic E-state index is 0.0802. The molecule has 0 bridgehead atoms. The van der Waals surface area contributed by atoms with E-state index in [4.69, 9.17) is 10.3 Å². The van der Waals surface area contributed by atoms with Crippen LogP contribution in [0.2, 0.25) is 0 Å². The largest absolute Gasteiger partial charge is 0.360 e. The minimum atomic E-state index is -3.02. The molecule has 0 saturated heterocycles. The van der Waals surface area contributed by atoms with Crippen molar-refractivity contribution in [3.05, 3.63) is 17.5 Å². The molecule has 0 atom stereocenters. The van der Waals surface area contributed by atoms with Crippen molar-refractivity contribution in [1.29, 1.82) is 0 Å². The number of rotatable bonds is 8. The van der Waals surface area contributed by atoms with Gasteiger partial charge in [-0.15, -0.1) is 0 Å². The van der Waals surface area contributed by atoms with Gasteiger partial charge in [-0.2, -0.15) is 0 Å². The highest BCUT2D eigenvalue weighted by Crippen LogP contribution is 2.40. The molecule has 0 spiro atoms. The number of hydrogen-bond acceptors (Lipinski definition) is 6. The third-order valence-corrected chi connectivity index (χ3v) is 6.96. The van der Waals surface area contributed by atoms with Gasteiger partial charge in [0.05, 0.1) is 11.5 Å². The Morgan fingerprint density at radius 2 is 1.96 bits per heavy atom. The van der Waals surface area contributed by atoms with Gasteiger partial charge < -0.3 is 15.6 Å². The van der Waals surface area contributed by atoms with Crippen molar-refractivity contribution in [2.24, 2.45) is 11.7 Å². The van der Waals surface area contributed by atoms with Crippen molar-refractivity contribution < 1.29 is 17.7 Å². The summed E-state index contributed by atoms with van der Waals surface area (Å²) in [5, 5.41) is 6.86. The molecule has 2 fully saturated rings. The van der Waals surface area contributed by atoms with Crippen molar-refractivity contribution in [3.63, 3.8) is 0 Å². The first-order chi connectivity index (χ1) is 12.0. The van der Waals surface area contributed by atoms with E-state index in [0.29, 0.717) is 24.6 Å². The first kappa shape index (κ1) is 18.4. The summed E-state index contributed by atoms with van der Waals surface area (Å²) in [7, 11) is -3.02. The van der Waals surface area contributed by atoms with Gasteiger partial charge in [-0.3, -0.25) is 4.79 Å². The number of nitrogens with zero attached hydrogens (tertiary/aromatic N) is 1. The summed E-state index contributed by atoms with van der Waals surface area (Å²) in [6, 6.07) is 1.82. The molecule has 2 saturated carbocycles. The van der Waals surface area contributed by atoms with E-state index in [1.54, 1.807) is 6.07 Å². The van der Waals surface area contributed by atoms with E-state index >= 15 is 0 Å². The Hall–Kier alpha value is -1.41. The van der Waals surface area contributed by atoms with Crippen LogP contribution in [0.25, 0.3) is 0 Å². The maximum atomic E-state index is 12.3. The van der Waals surface area contributed by atoms with Gasteiger partial charge in [0.15, 0.2) is 15.5 Å². The number of carbonyl (C=O) groups is 1. The highest BCUT2D eigenvalue weighted by molar-refractivity contribution is 7.91. The fourth-order valence-electron chi connectivity index (χ4n) is 3.44. The summed E-state index contributed by atoms with van der Waals surface area (Å²) in [5.74, 6) is 1.64. The molecular formula is C17H27N3O4S. The molecule has 1 amide bonds. The lowest BCUT2D eigenvalue weighted by Gasteiger charge is -2.28. The number of amides is 1. The molecule has 140 valence electrons. The summed E-state index contributed by atoms with van der Waals surface area (Å²) < 4.78 is 29.3. The Labute approximate surface area is 148 Å². The molecule has 7 nitrogen and oxygen atoms in total. The number of nitrogens with two attached hydrogens (primary N) is 1. The monoisotopic (exact) mass is 369 g/mol. The van der Waals surface area contributed by atoms with E-state index in [-0.39, 0.29) is 29.4 Å². The van der Waals surface area contributed by atoms with Crippen LogP contribution in [-0.2, 0) is 9.84 Å². The van der Waals surface area contributed by atoms with Crippen LogP contribution in [0.3, 0.4) is 0 Å². The highest BCUT2D eigenvalue weighted by atomic mass is 32.2. The second kappa shape index (κ2) is 7.86. The van der Waals surface area contributed by atoms with Gasteiger partial charge in [-0.25, -0.2) is 8.42 Å². The number of nitrogens with one attached hydrogen (secondary N) is 1. The van der Waals surface area contributed by atoms with Crippen LogP contribution in [0.15, 0.2) is 10.6 Å². The van der Waals surface area contributed by atoms with Crippen molar-refractivity contribution in [2.45, 2.75) is 56.9 Å². The maximum Gasteiger partial charge on any atom is 0.273 e. The third-order valence-electron chi connectivity index (χ3n) is 5.07. The average molecular weight is 369 g/mol. The van der Waals surface area contributed by atoms with E-state index in [2.05, 4.69) is 10.5 Å². The molecule has 2 aliphatic carbocycles. The van der Waals surface area contributed by atoms with Gasteiger partial charge in [0.25, 0.3) is 5.91 Å². The Morgan fingerprint density at radius 3 is 2.60 bits per heavy atom. The van der Waals surface area contributed by atoms with Gasteiger partial charge in [0.1, 0.15) is 5.76 Å². The third kappa shape index (κ3) is 5.28. The molecule has 3 rings (SSSR count). The van der Waals surface area contributed by atoms with E-state index in [1.807, 2.05) is 0 Å². The molecule has 1 heterocycles. The second-order valence-electron chi connectivity index (χ2n) is 7.34. The highest BCUT2D eigenvalue weighted by Gasteiger charge is 2.30. The average Bonchev–Trinajstić information content (AvgIpc) is 3.31. The van der Waals surface area contributed by atoms with Crippen LogP contribution in [-0.4, -0.2) is 43.6 Å². The summed E-state index contributed by atoms with van der Waals surface area (Å²) in [5.41, 5.74) is 5.73. The quantitative estimate of drug-likeness (QED) is 0.719. The zero-order chi connectivity index (χ0) is 17.9. The summed E-state index contributed by atoms with van der Waals surface area (Å²) in [6.07, 6.45) is 5.97. The molecule has 0 aliphatic heterocycles. The Balaban J connectivity index is 1.43. The Bertz CT molecular complexity index is 689. The predicted octanol–water partition coefficient (Wildman–Crippen LogP) is 1.60. The van der Waals surface area contributed by atoms with Gasteiger partial charge in [-0.1, -0.05) is 5.16 Å². The zero-order valence-corrected chi connectivity index (χ0v) is 15.3. The van der Waals surface area contributed by atoms with Crippen LogP contribution in [0.4, 0.5) is 0 Å². The van der Waals surface area contributed by atoms with Crippen LogP contribution in [0, 0.1) is 5.92 Å². The van der Waals surface area contributed by atoms with Crippen molar-refractivity contribution >= 4 is 15.7 Å². The van der Waals surface area contributed by atoms with Gasteiger partial charge in [0.2, 0.25) is 0 Å². The number of carbonyl (C=O) groups excluding carboxylic acids is 1. The van der Waals surface area contributed by atoms with Crippen molar-refractivity contribution in [1.82, 2.24) is 10.5 Å². The van der Waals surface area contributed by atoms with Gasteiger partial charge in [-0.05, 0) is 57.4 Å². The predicted molar refractivity (Wildman–Crippen MR) is 94.0 cm³/mol. The van der Waals surface area contributed by atoms with E-state index in [9.17, 15) is 13.2 Å². The molecule has 1 aromatic heterocycles. The number of aromatic nitrogens is 1. The lowest BCUT2D eigenvalue weighted by molar-refractivity contribution is 0.0914. The van der Waals surface area contributed by atoms with Crippen LogP contribution in [0.1, 0.15) is 67.1 Å². The first-order valence-corrected chi connectivity index (χ1v) is 11.0. The lowest BCUT2D eigenvalue weighted by atomic mass is 9.87. The Kier molecular flexibility index (Phi) is 5.78. The fourth-order valence-corrected chi connectivity index (χ4v) is 5.26. The van der Waals surface area contributed by atoms with Crippen molar-refractivity contribution in [2.75, 3.05) is 18.1 Å². The molecule has 0 aromatic carbocycles. The van der Waals surface area contributed by atoms with Crippen LogP contribution in [0.5, 0.6) is 0 Å². The number of hydrogen-bond donors (Lipinski definition) is 2. The molecule has 3 N–H and O–H groups in total. The van der Waals surface area contributed by atoms with Crippen LogP contribution >= 0.6 is 0 Å². The summed E-state index contributed by atoms with van der Waals surface area (Å²) >= 11 is 0. The smallest absolute Gasteiger partial charge is 0.273 e. The van der Waals surface area contributed by atoms with Crippen molar-refractivity contribution in [3.8, 4) is 0 Å². The van der Waals surface area contributed by atoms with Gasteiger partial charge >= 0.3 is 0 Å². The molecule has 0 radical (unpaired) electrons. The van der Waals surface area contributed by atoms with E-state index in [1.165, 1.54) is 0 Å². The van der Waals surface area contributed by atoms with Gasteiger partial charge in [0, 0.05) is 18.0 Å². The number of sulfone groups is 1. The topological polar surface area (TPSA) is 115 Å². The standard InChI is InChI=1S/C17H27N3O4S/c18-8-1-9-25(22,23)11-12-2-6-14(7-3-12)19-17(21)15-10-16(24-20-15)13-4-5-13/h10,12-14H,1-9,11,18H2,(H,19,21). The summed E-state index contributed by atoms with van der Waals surface area (Å²) in [4.78, 5) is 12.3. The second-order valence-corrected chi connectivity index (χ2v) is 9.57. The molecule has 0 unspecified atom stereocenters. The maximum absolute atomic E-state index is 12.3. The Morgan fingerprint density at radius 1 is 1.24 bits per heavy atom. The summed E-state index contributed by atoms with van der Waals surface area (Å²) in [6.45, 7) is 0.405. The fraction of sp³-hybridized carbons (Fsp3) is 0.765. The van der Waals surface area contributed by atoms with E-state index in [0.717, 1.165) is 44.3 Å². The molecule has 1 aromatic rings. The zero-order valence-electron chi connectivity index (χ0n) is 14.4. The normalized spacial score (nSPS) is 24.2.